The Hall–Kier alpha value is -2.54. The molecule has 1 saturated carbocycles. The van der Waals surface area contributed by atoms with Crippen LogP contribution in [0.4, 0.5) is 0 Å². The van der Waals surface area contributed by atoms with Gasteiger partial charge in [0.15, 0.2) is 0 Å². The zero-order valence-electron chi connectivity index (χ0n) is 10.3. The van der Waals surface area contributed by atoms with Gasteiger partial charge in [-0.3, -0.25) is 4.68 Å². The van der Waals surface area contributed by atoms with Crippen LogP contribution < -0.4 is 0 Å². The number of nitrogens with one attached hydrogen (secondary N) is 1. The van der Waals surface area contributed by atoms with E-state index in [0.29, 0.717) is 11.6 Å². The molecule has 1 fully saturated rings. The normalized spacial score (nSPS) is 14.7. The van der Waals surface area contributed by atoms with Crippen molar-refractivity contribution in [2.75, 3.05) is 0 Å². The summed E-state index contributed by atoms with van der Waals surface area (Å²) in [4.78, 5) is 3.19. The second-order valence-electron chi connectivity index (χ2n) is 4.95. The maximum absolute atomic E-state index is 9.11. The van der Waals surface area contributed by atoms with Crippen molar-refractivity contribution in [3.8, 4) is 17.3 Å². The molecule has 19 heavy (non-hydrogen) atoms. The van der Waals surface area contributed by atoms with Gasteiger partial charge in [-0.15, -0.1) is 0 Å². The fourth-order valence-corrected chi connectivity index (χ4v) is 2.48. The molecule has 1 N–H and O–H groups in total. The summed E-state index contributed by atoms with van der Waals surface area (Å²) in [5, 5.41) is 14.8. The van der Waals surface area contributed by atoms with Crippen molar-refractivity contribution >= 4 is 10.9 Å². The first kappa shape index (κ1) is 10.4. The molecule has 0 bridgehead atoms. The molecule has 3 aromatic rings. The van der Waals surface area contributed by atoms with Crippen LogP contribution in [0.2, 0.25) is 0 Å². The SMILES string of the molecule is N#Cc1cccc2c(-c3ccn(C4CC4)n3)c[nH]c12. The molecule has 0 amide bonds. The van der Waals surface area contributed by atoms with Crippen molar-refractivity contribution < 1.29 is 0 Å². The molecule has 1 aliphatic rings. The van der Waals surface area contributed by atoms with Crippen LogP contribution in [0.5, 0.6) is 0 Å². The van der Waals surface area contributed by atoms with E-state index in [2.05, 4.69) is 16.2 Å². The molecule has 2 heterocycles. The summed E-state index contributed by atoms with van der Waals surface area (Å²) in [6.07, 6.45) is 6.44. The second-order valence-corrected chi connectivity index (χ2v) is 4.95. The average molecular weight is 248 g/mol. The van der Waals surface area contributed by atoms with Crippen molar-refractivity contribution in [3.05, 3.63) is 42.2 Å². The van der Waals surface area contributed by atoms with E-state index in [-0.39, 0.29) is 0 Å². The van der Waals surface area contributed by atoms with Gasteiger partial charge >= 0.3 is 0 Å². The Morgan fingerprint density at radius 3 is 3.00 bits per heavy atom. The summed E-state index contributed by atoms with van der Waals surface area (Å²) < 4.78 is 2.04. The largest absolute Gasteiger partial charge is 0.359 e. The van der Waals surface area contributed by atoms with Gasteiger partial charge in [0.25, 0.3) is 0 Å². The van der Waals surface area contributed by atoms with E-state index in [1.54, 1.807) is 0 Å². The van der Waals surface area contributed by atoms with Gasteiger partial charge in [-0.25, -0.2) is 0 Å². The summed E-state index contributed by atoms with van der Waals surface area (Å²) >= 11 is 0. The second kappa shape index (κ2) is 3.72. The van der Waals surface area contributed by atoms with Crippen LogP contribution in [0.3, 0.4) is 0 Å². The lowest BCUT2D eigenvalue weighted by molar-refractivity contribution is 0.644. The number of rotatable bonds is 2. The number of hydrogen-bond donors (Lipinski definition) is 1. The van der Waals surface area contributed by atoms with Gasteiger partial charge in [0.2, 0.25) is 0 Å². The van der Waals surface area contributed by atoms with Gasteiger partial charge in [-0.05, 0) is 25.0 Å². The first-order valence-electron chi connectivity index (χ1n) is 6.42. The third kappa shape index (κ3) is 1.55. The molecule has 4 nitrogen and oxygen atoms in total. The van der Waals surface area contributed by atoms with Gasteiger partial charge in [-0.2, -0.15) is 10.4 Å². The van der Waals surface area contributed by atoms with Gasteiger partial charge in [0, 0.05) is 23.3 Å². The number of hydrogen-bond acceptors (Lipinski definition) is 2. The molecule has 0 saturated heterocycles. The highest BCUT2D eigenvalue weighted by molar-refractivity contribution is 5.97. The van der Waals surface area contributed by atoms with Crippen LogP contribution in [-0.4, -0.2) is 14.8 Å². The molecule has 4 heteroatoms. The predicted octanol–water partition coefficient (Wildman–Crippen LogP) is 3.24. The van der Waals surface area contributed by atoms with Crippen molar-refractivity contribution in [2.45, 2.75) is 18.9 Å². The minimum Gasteiger partial charge on any atom is -0.359 e. The third-order valence-corrected chi connectivity index (χ3v) is 3.64. The summed E-state index contributed by atoms with van der Waals surface area (Å²) in [5.41, 5.74) is 3.59. The smallest absolute Gasteiger partial charge is 0.101 e. The van der Waals surface area contributed by atoms with Crippen molar-refractivity contribution in [2.24, 2.45) is 0 Å². The number of nitriles is 1. The maximum atomic E-state index is 9.11. The highest BCUT2D eigenvalue weighted by Gasteiger charge is 2.24. The van der Waals surface area contributed by atoms with Crippen molar-refractivity contribution in [1.82, 2.24) is 14.8 Å². The van der Waals surface area contributed by atoms with E-state index >= 15 is 0 Å². The highest BCUT2D eigenvalue weighted by atomic mass is 15.3. The Morgan fingerprint density at radius 1 is 1.32 bits per heavy atom. The molecule has 0 radical (unpaired) electrons. The minimum atomic E-state index is 0.591. The minimum absolute atomic E-state index is 0.591. The van der Waals surface area contributed by atoms with Crippen LogP contribution in [0.15, 0.2) is 36.7 Å². The van der Waals surface area contributed by atoms with Crippen LogP contribution in [0.1, 0.15) is 24.4 Å². The Labute approximate surface area is 110 Å². The molecule has 92 valence electrons. The number of fused-ring (bicyclic) bond motifs is 1. The van der Waals surface area contributed by atoms with E-state index < -0.39 is 0 Å². The number of aromatic nitrogens is 3. The monoisotopic (exact) mass is 248 g/mol. The summed E-state index contributed by atoms with van der Waals surface area (Å²) in [5.74, 6) is 0. The van der Waals surface area contributed by atoms with Crippen LogP contribution in [0.25, 0.3) is 22.2 Å². The number of nitrogens with zero attached hydrogens (tertiary/aromatic N) is 3. The number of para-hydroxylation sites is 1. The van der Waals surface area contributed by atoms with E-state index in [1.165, 1.54) is 12.8 Å². The van der Waals surface area contributed by atoms with E-state index in [1.807, 2.05) is 41.3 Å². The lowest BCUT2D eigenvalue weighted by atomic mass is 10.1. The average Bonchev–Trinajstić information content (AvgIpc) is 3.02. The fourth-order valence-electron chi connectivity index (χ4n) is 2.48. The van der Waals surface area contributed by atoms with Gasteiger partial charge in [-0.1, -0.05) is 12.1 Å². The molecule has 0 atom stereocenters. The van der Waals surface area contributed by atoms with E-state index in [0.717, 1.165) is 22.2 Å². The zero-order valence-corrected chi connectivity index (χ0v) is 10.3. The molecule has 4 rings (SSSR count). The van der Waals surface area contributed by atoms with Gasteiger partial charge < -0.3 is 4.98 Å². The van der Waals surface area contributed by atoms with Crippen LogP contribution in [-0.2, 0) is 0 Å². The molecular weight excluding hydrogens is 236 g/mol. The standard InChI is InChI=1S/C15H12N4/c16-8-10-2-1-3-12-13(9-17-15(10)12)14-6-7-19(18-14)11-4-5-11/h1-3,6-7,9,11,17H,4-5H2. The number of benzene rings is 1. The summed E-state index contributed by atoms with van der Waals surface area (Å²) in [7, 11) is 0. The quantitative estimate of drug-likeness (QED) is 0.756. The number of H-pyrrole nitrogens is 1. The first-order valence-corrected chi connectivity index (χ1v) is 6.42. The molecule has 0 spiro atoms. The lowest BCUT2D eigenvalue weighted by Crippen LogP contribution is -1.93. The molecule has 1 aliphatic carbocycles. The number of aromatic amines is 1. The highest BCUT2D eigenvalue weighted by Crippen LogP contribution is 2.36. The van der Waals surface area contributed by atoms with Crippen molar-refractivity contribution in [3.63, 3.8) is 0 Å². The van der Waals surface area contributed by atoms with Gasteiger partial charge in [0.1, 0.15) is 6.07 Å². The predicted molar refractivity (Wildman–Crippen MR) is 72.5 cm³/mol. The van der Waals surface area contributed by atoms with Crippen molar-refractivity contribution in [1.29, 1.82) is 5.26 Å². The molecule has 0 aliphatic heterocycles. The van der Waals surface area contributed by atoms with Gasteiger partial charge in [0.05, 0.1) is 22.8 Å². The Morgan fingerprint density at radius 2 is 2.21 bits per heavy atom. The van der Waals surface area contributed by atoms with Crippen LogP contribution >= 0.6 is 0 Å². The maximum Gasteiger partial charge on any atom is 0.101 e. The zero-order chi connectivity index (χ0) is 12.8. The first-order chi connectivity index (χ1) is 9.36. The third-order valence-electron chi connectivity index (χ3n) is 3.64. The molecule has 1 aromatic carbocycles. The molecule has 0 unspecified atom stereocenters. The molecule has 2 aromatic heterocycles. The molecular formula is C15H12N4. The Balaban J connectivity index is 1.88. The topological polar surface area (TPSA) is 57.4 Å². The van der Waals surface area contributed by atoms with E-state index in [4.69, 9.17) is 5.26 Å². The summed E-state index contributed by atoms with van der Waals surface area (Å²) in [6, 6.07) is 10.6. The van der Waals surface area contributed by atoms with E-state index in [9.17, 15) is 0 Å². The lowest BCUT2D eigenvalue weighted by Gasteiger charge is -1.97. The van der Waals surface area contributed by atoms with Crippen LogP contribution in [0, 0.1) is 11.3 Å². The Kier molecular flexibility index (Phi) is 2.04. The summed E-state index contributed by atoms with van der Waals surface area (Å²) in [6.45, 7) is 0. The Bertz CT molecular complexity index is 799. The fraction of sp³-hybridized carbons (Fsp3) is 0.200.